The number of methoxy groups -OCH3 is 1. The van der Waals surface area contributed by atoms with Crippen LogP contribution in [0.5, 0.6) is 5.75 Å². The van der Waals surface area contributed by atoms with E-state index >= 15 is 0 Å². The average molecular weight is 362 g/mol. The number of halogens is 7. The van der Waals surface area contributed by atoms with E-state index in [1.54, 1.807) is 0 Å². The van der Waals surface area contributed by atoms with Crippen LogP contribution in [0.15, 0.2) is 24.3 Å². The third kappa shape index (κ3) is 4.37. The average Bonchev–Trinajstić information content (AvgIpc) is 2.43. The van der Waals surface area contributed by atoms with Crippen LogP contribution in [0, 0.1) is 0 Å². The predicted octanol–water partition coefficient (Wildman–Crippen LogP) is 4.52. The van der Waals surface area contributed by atoms with Gasteiger partial charge in [-0.15, -0.1) is 0 Å². The summed E-state index contributed by atoms with van der Waals surface area (Å²) in [4.78, 5) is 10.7. The van der Waals surface area contributed by atoms with Crippen molar-refractivity contribution in [2.24, 2.45) is 0 Å². The first-order valence-electron chi connectivity index (χ1n) is 6.45. The number of alkyl halides is 7. The van der Waals surface area contributed by atoms with E-state index in [0.29, 0.717) is 0 Å². The van der Waals surface area contributed by atoms with Gasteiger partial charge in [-0.05, 0) is 17.7 Å². The van der Waals surface area contributed by atoms with Crippen LogP contribution in [-0.2, 0) is 9.53 Å². The van der Waals surface area contributed by atoms with E-state index in [0.717, 1.165) is 26.2 Å². The molecule has 0 aliphatic carbocycles. The first-order valence-corrected chi connectivity index (χ1v) is 6.45. The lowest BCUT2D eigenvalue weighted by Gasteiger charge is -2.30. The predicted molar refractivity (Wildman–Crippen MR) is 68.1 cm³/mol. The summed E-state index contributed by atoms with van der Waals surface area (Å²) in [7, 11) is 0.895. The summed E-state index contributed by atoms with van der Waals surface area (Å²) < 4.78 is 98.5. The zero-order valence-corrected chi connectivity index (χ0v) is 12.5. The molecule has 0 spiro atoms. The monoisotopic (exact) mass is 362 g/mol. The molecule has 0 amide bonds. The number of carbonyl (C=O) groups excluding carboxylic acids is 1. The summed E-state index contributed by atoms with van der Waals surface area (Å²) in [6, 6.07) is 4.58. The molecule has 0 heterocycles. The fraction of sp³-hybridized carbons (Fsp3) is 0.500. The summed E-state index contributed by atoms with van der Waals surface area (Å²) in [5.41, 5.74) is -0.0777. The van der Waals surface area contributed by atoms with Crippen LogP contribution in [-0.4, -0.2) is 31.1 Å². The fourth-order valence-corrected chi connectivity index (χ4v) is 1.82. The Morgan fingerprint density at radius 1 is 1.04 bits per heavy atom. The van der Waals surface area contributed by atoms with Crippen molar-refractivity contribution in [2.45, 2.75) is 37.5 Å². The van der Waals surface area contributed by atoms with Gasteiger partial charge >= 0.3 is 24.0 Å². The van der Waals surface area contributed by atoms with E-state index in [9.17, 15) is 35.5 Å². The summed E-state index contributed by atoms with van der Waals surface area (Å²) in [5, 5.41) is 0. The summed E-state index contributed by atoms with van der Waals surface area (Å²) >= 11 is 0. The molecule has 1 aromatic carbocycles. The topological polar surface area (TPSA) is 35.5 Å². The van der Waals surface area contributed by atoms with Gasteiger partial charge in [0.15, 0.2) is 0 Å². The number of carbonyl (C=O) groups is 1. The van der Waals surface area contributed by atoms with Gasteiger partial charge in [-0.25, -0.2) is 0 Å². The van der Waals surface area contributed by atoms with Gasteiger partial charge in [0.25, 0.3) is 0 Å². The lowest BCUT2D eigenvalue weighted by molar-refractivity contribution is -0.358. The molecule has 0 aromatic heterocycles. The van der Waals surface area contributed by atoms with Crippen molar-refractivity contribution in [2.75, 3.05) is 7.11 Å². The van der Waals surface area contributed by atoms with E-state index in [2.05, 4.69) is 9.47 Å². The van der Waals surface area contributed by atoms with Gasteiger partial charge in [0, 0.05) is 20.5 Å². The lowest BCUT2D eigenvalue weighted by Crippen LogP contribution is -2.52. The molecular weight excluding hydrogens is 349 g/mol. The molecule has 0 saturated carbocycles. The summed E-state index contributed by atoms with van der Waals surface area (Å²) in [6.45, 7) is 1.12. The van der Waals surface area contributed by atoms with Crippen LogP contribution >= 0.6 is 0 Å². The molecule has 1 aromatic rings. The number of hydrogen-bond acceptors (Lipinski definition) is 3. The van der Waals surface area contributed by atoms with Crippen molar-refractivity contribution in [1.82, 2.24) is 0 Å². The quantitative estimate of drug-likeness (QED) is 0.424. The number of rotatable bonds is 6. The molecule has 0 radical (unpaired) electrons. The van der Waals surface area contributed by atoms with Crippen LogP contribution in [0.4, 0.5) is 30.7 Å². The van der Waals surface area contributed by atoms with Gasteiger partial charge in [-0.3, -0.25) is 4.79 Å². The van der Waals surface area contributed by atoms with Crippen molar-refractivity contribution in [3.8, 4) is 5.75 Å². The maximum absolute atomic E-state index is 13.5. The second kappa shape index (κ2) is 6.96. The first-order chi connectivity index (χ1) is 10.8. The van der Waals surface area contributed by atoms with Crippen LogP contribution in [0.2, 0.25) is 0 Å². The van der Waals surface area contributed by atoms with E-state index in [1.807, 2.05) is 0 Å². The number of hydrogen-bond donors (Lipinski definition) is 0. The smallest absolute Gasteiger partial charge is 0.427 e. The SMILES string of the molecule is COC(CC(F)(F)C(F)(F)C(F)(F)F)c1ccc(OC(C)=O)cc1. The molecule has 136 valence electrons. The Labute approximate surface area is 132 Å². The van der Waals surface area contributed by atoms with Crippen molar-refractivity contribution >= 4 is 5.97 Å². The molecule has 0 aliphatic heterocycles. The second-order valence-electron chi connectivity index (χ2n) is 4.87. The van der Waals surface area contributed by atoms with E-state index in [1.165, 1.54) is 12.1 Å². The molecule has 1 unspecified atom stereocenters. The second-order valence-corrected chi connectivity index (χ2v) is 4.87. The molecule has 24 heavy (non-hydrogen) atoms. The third-order valence-electron chi connectivity index (χ3n) is 3.06. The highest BCUT2D eigenvalue weighted by atomic mass is 19.4. The Morgan fingerprint density at radius 2 is 1.54 bits per heavy atom. The normalized spacial score (nSPS) is 14.4. The molecule has 3 nitrogen and oxygen atoms in total. The maximum atomic E-state index is 13.5. The van der Waals surface area contributed by atoms with Crippen molar-refractivity contribution in [3.63, 3.8) is 0 Å². The lowest BCUT2D eigenvalue weighted by atomic mass is 9.98. The van der Waals surface area contributed by atoms with Crippen LogP contribution in [0.3, 0.4) is 0 Å². The van der Waals surface area contributed by atoms with Crippen LogP contribution < -0.4 is 4.74 Å². The highest BCUT2D eigenvalue weighted by molar-refractivity contribution is 5.69. The Morgan fingerprint density at radius 3 is 1.92 bits per heavy atom. The van der Waals surface area contributed by atoms with Gasteiger partial charge in [-0.1, -0.05) is 12.1 Å². The van der Waals surface area contributed by atoms with Gasteiger partial charge in [0.2, 0.25) is 0 Å². The minimum absolute atomic E-state index is 0.0495. The van der Waals surface area contributed by atoms with E-state index in [-0.39, 0.29) is 11.3 Å². The van der Waals surface area contributed by atoms with Crippen molar-refractivity contribution < 1.29 is 45.0 Å². The minimum atomic E-state index is -6.39. The Bertz CT molecular complexity index is 567. The fourth-order valence-electron chi connectivity index (χ4n) is 1.82. The number of esters is 1. The molecule has 0 N–H and O–H groups in total. The number of benzene rings is 1. The molecular formula is C14H13F7O3. The molecule has 10 heteroatoms. The van der Waals surface area contributed by atoms with Crippen molar-refractivity contribution in [3.05, 3.63) is 29.8 Å². The van der Waals surface area contributed by atoms with Crippen LogP contribution in [0.1, 0.15) is 25.0 Å². The molecule has 0 saturated heterocycles. The van der Waals surface area contributed by atoms with Gasteiger partial charge in [0.1, 0.15) is 5.75 Å². The van der Waals surface area contributed by atoms with E-state index in [4.69, 9.17) is 0 Å². The van der Waals surface area contributed by atoms with Gasteiger partial charge in [0.05, 0.1) is 6.10 Å². The standard InChI is InChI=1S/C14H13F7O3/c1-8(22)24-10-5-3-9(4-6-10)11(23-2)7-12(15,16)13(17,18)14(19,20)21/h3-6,11H,7H2,1-2H3. The van der Waals surface area contributed by atoms with Gasteiger partial charge in [-0.2, -0.15) is 30.7 Å². The first kappa shape index (κ1) is 20.2. The van der Waals surface area contributed by atoms with Gasteiger partial charge < -0.3 is 9.47 Å². The molecule has 0 aliphatic rings. The zero-order valence-electron chi connectivity index (χ0n) is 12.5. The third-order valence-corrected chi connectivity index (χ3v) is 3.06. The van der Waals surface area contributed by atoms with E-state index < -0.39 is 36.5 Å². The summed E-state index contributed by atoms with van der Waals surface area (Å²) in [5.74, 6) is -12.2. The summed E-state index contributed by atoms with van der Waals surface area (Å²) in [6.07, 6.45) is -10.0. The Kier molecular flexibility index (Phi) is 5.86. The molecule has 0 fully saturated rings. The maximum Gasteiger partial charge on any atom is 0.459 e. The Hall–Kier alpha value is -1.84. The highest BCUT2D eigenvalue weighted by Gasteiger charge is 2.73. The Balaban J connectivity index is 3.00. The highest BCUT2D eigenvalue weighted by Crippen LogP contribution is 2.50. The number of ether oxygens (including phenoxy) is 2. The molecule has 1 rings (SSSR count). The van der Waals surface area contributed by atoms with Crippen LogP contribution in [0.25, 0.3) is 0 Å². The van der Waals surface area contributed by atoms with Crippen molar-refractivity contribution in [1.29, 1.82) is 0 Å². The zero-order chi connectivity index (χ0) is 18.8. The molecule has 0 bridgehead atoms. The largest absolute Gasteiger partial charge is 0.459 e. The molecule has 1 atom stereocenters. The minimum Gasteiger partial charge on any atom is -0.427 e.